The highest BCUT2D eigenvalue weighted by molar-refractivity contribution is 5.90. The van der Waals surface area contributed by atoms with Crippen LogP contribution in [0.15, 0.2) is 74.1 Å². The van der Waals surface area contributed by atoms with Crippen LogP contribution in [0.5, 0.6) is 11.8 Å². The second-order valence-corrected chi connectivity index (χ2v) is 21.2. The average molecular weight is 1150 g/mol. The van der Waals surface area contributed by atoms with Crippen LogP contribution in [0.3, 0.4) is 0 Å². The van der Waals surface area contributed by atoms with Crippen molar-refractivity contribution in [3.05, 3.63) is 97.1 Å². The number of fused-ring (bicyclic) bond motifs is 2. The lowest BCUT2D eigenvalue weighted by Gasteiger charge is -2.52. The number of hydrogen-bond donors (Lipinski definition) is 4. The molecule has 4 N–H and O–H groups in total. The summed E-state index contributed by atoms with van der Waals surface area (Å²) in [6.45, 7) is 2.23. The van der Waals surface area contributed by atoms with Crippen LogP contribution < -0.4 is 9.47 Å². The molecule has 12 rings (SSSR count). The fourth-order valence-electron chi connectivity index (χ4n) is 11.7. The summed E-state index contributed by atoms with van der Waals surface area (Å²) < 4.78 is 95.0. The molecule has 10 heterocycles. The molecule has 2 saturated heterocycles. The minimum atomic E-state index is -4.70. The molecule has 2 aliphatic heterocycles. The van der Waals surface area contributed by atoms with Gasteiger partial charge < -0.3 is 29.7 Å². The zero-order chi connectivity index (χ0) is 57.2. The minimum Gasteiger partial charge on any atom is -0.474 e. The highest BCUT2D eigenvalue weighted by Crippen LogP contribution is 2.47. The summed E-state index contributed by atoms with van der Waals surface area (Å²) in [6.07, 6.45) is 10.4. The molecule has 22 nitrogen and oxygen atoms in total. The van der Waals surface area contributed by atoms with E-state index in [0.717, 1.165) is 96.4 Å². The lowest BCUT2D eigenvalue weighted by atomic mass is 9.69. The van der Waals surface area contributed by atoms with E-state index in [4.69, 9.17) is 19.7 Å². The van der Waals surface area contributed by atoms with Crippen LogP contribution in [-0.4, -0.2) is 153 Å². The fraction of sp³-hybridized carbons (Fsp3) is 0.491. The van der Waals surface area contributed by atoms with Gasteiger partial charge in [-0.2, -0.15) is 57.0 Å². The van der Waals surface area contributed by atoms with Crippen LogP contribution >= 0.6 is 0 Å². The Balaban J connectivity index is 0.000000183. The number of rotatable bonds is 16. The molecule has 0 unspecified atom stereocenters. The normalized spacial score (nSPS) is 21.7. The van der Waals surface area contributed by atoms with Crippen molar-refractivity contribution in [2.75, 3.05) is 39.4 Å². The summed E-state index contributed by atoms with van der Waals surface area (Å²) in [4.78, 5) is 42.4. The number of nitrogens with zero attached hydrogens (tertiary/aromatic N) is 16. The van der Waals surface area contributed by atoms with Gasteiger partial charge in [-0.3, -0.25) is 19.2 Å². The van der Waals surface area contributed by atoms with Gasteiger partial charge in [0.25, 0.3) is 0 Å². The Morgan fingerprint density at radius 3 is 1.36 bits per heavy atom. The predicted molar refractivity (Wildman–Crippen MR) is 285 cm³/mol. The smallest absolute Gasteiger partial charge is 0.451 e. The first-order chi connectivity index (χ1) is 39.6. The van der Waals surface area contributed by atoms with E-state index in [9.17, 15) is 36.9 Å². The van der Waals surface area contributed by atoms with E-state index in [2.05, 4.69) is 82.0 Å². The molecule has 4 aliphatic rings. The number of halogens is 6. The average Bonchev–Trinajstić information content (AvgIpc) is 2.71. The Morgan fingerprint density at radius 2 is 1.00 bits per heavy atom. The molecule has 0 atom stereocenters. The lowest BCUT2D eigenvalue weighted by Crippen LogP contribution is -2.58. The van der Waals surface area contributed by atoms with E-state index in [1.807, 2.05) is 46.3 Å². The Bertz CT molecular complexity index is 3360. The number of aliphatic hydroxyl groups excluding tert-OH is 2. The van der Waals surface area contributed by atoms with Gasteiger partial charge in [0.2, 0.25) is 23.4 Å². The van der Waals surface area contributed by atoms with Crippen molar-refractivity contribution in [3.63, 3.8) is 0 Å². The first-order valence-electron chi connectivity index (χ1n) is 26.9. The van der Waals surface area contributed by atoms with Gasteiger partial charge in [-0.25, -0.2) is 29.9 Å². The molecule has 4 fully saturated rings. The second-order valence-electron chi connectivity index (χ2n) is 21.2. The van der Waals surface area contributed by atoms with E-state index >= 15 is 0 Å². The van der Waals surface area contributed by atoms with Gasteiger partial charge in [-0.15, -0.1) is 0 Å². The van der Waals surface area contributed by atoms with Crippen molar-refractivity contribution in [3.8, 4) is 46.4 Å². The van der Waals surface area contributed by atoms with Crippen molar-refractivity contribution < 1.29 is 46.0 Å². The van der Waals surface area contributed by atoms with Crippen LogP contribution in [0, 0.1) is 22.7 Å². The van der Waals surface area contributed by atoms with E-state index in [-0.39, 0.29) is 80.9 Å². The Morgan fingerprint density at radius 1 is 0.602 bits per heavy atom. The monoisotopic (exact) mass is 1150 g/mol. The molecule has 2 aliphatic carbocycles. The molecular formula is C55H60F6N18O4. The summed E-state index contributed by atoms with van der Waals surface area (Å²) in [5, 5.41) is 48.6. The van der Waals surface area contributed by atoms with Gasteiger partial charge in [0.1, 0.15) is 36.2 Å². The molecule has 0 radical (unpaired) electrons. The van der Waals surface area contributed by atoms with Gasteiger partial charge >= 0.3 is 12.4 Å². The van der Waals surface area contributed by atoms with Crippen LogP contribution in [0.1, 0.15) is 94.7 Å². The van der Waals surface area contributed by atoms with Crippen molar-refractivity contribution in [2.24, 2.45) is 0 Å². The number of alkyl halides is 6. The molecule has 0 aromatic carbocycles. The predicted octanol–water partition coefficient (Wildman–Crippen LogP) is 7.60. The number of hydrogen-bond acceptors (Lipinski definition) is 18. The number of nitriles is 2. The Labute approximate surface area is 471 Å². The van der Waals surface area contributed by atoms with Gasteiger partial charge in [-0.05, 0) is 63.5 Å². The first-order valence-corrected chi connectivity index (χ1v) is 26.9. The molecule has 2 saturated carbocycles. The Kier molecular flexibility index (Phi) is 16.8. The van der Waals surface area contributed by atoms with Crippen LogP contribution in [0.4, 0.5) is 26.3 Å². The summed E-state index contributed by atoms with van der Waals surface area (Å²) in [7, 11) is 0. The molecule has 0 spiro atoms. The van der Waals surface area contributed by atoms with Crippen molar-refractivity contribution >= 4 is 22.1 Å². The van der Waals surface area contributed by atoms with E-state index < -0.39 is 35.1 Å². The largest absolute Gasteiger partial charge is 0.474 e. The van der Waals surface area contributed by atoms with Crippen molar-refractivity contribution in [1.82, 2.24) is 79.2 Å². The maximum absolute atomic E-state index is 13.2. The maximum atomic E-state index is 13.2. The third-order valence-corrected chi connectivity index (χ3v) is 16.0. The minimum absolute atomic E-state index is 0. The highest BCUT2D eigenvalue weighted by atomic mass is 19.4. The molecule has 28 heteroatoms. The summed E-state index contributed by atoms with van der Waals surface area (Å²) in [6, 6.07) is 11.8. The second kappa shape index (κ2) is 24.0. The van der Waals surface area contributed by atoms with E-state index in [0.29, 0.717) is 38.5 Å². The SMILES string of the molecule is C.N#CCC1(n2cc(-c3ncnc4[nH]ccc34)cn2)CC(N2CCC(Oc3cc(CCO)nc(C(F)(F)F)n3)CC2)C1.N#CCC1(n2cc(-c3ncnc4[nH]ccc34)cn2)CC(N2CCC(Oc3cc(CCO)nc(C(F)(F)F)n3)CC2)C1. The van der Waals surface area contributed by atoms with Crippen molar-refractivity contribution in [2.45, 2.75) is 132 Å². The fourth-order valence-corrected chi connectivity index (χ4v) is 11.7. The highest BCUT2D eigenvalue weighted by Gasteiger charge is 2.51. The first kappa shape index (κ1) is 58.0. The van der Waals surface area contributed by atoms with E-state index in [1.165, 1.54) is 24.8 Å². The van der Waals surface area contributed by atoms with Crippen LogP contribution in [0.25, 0.3) is 44.6 Å². The van der Waals surface area contributed by atoms with Crippen LogP contribution in [-0.2, 0) is 36.3 Å². The number of aliphatic hydroxyl groups is 2. The lowest BCUT2D eigenvalue weighted by molar-refractivity contribution is -0.146. The maximum Gasteiger partial charge on any atom is 0.451 e. The van der Waals surface area contributed by atoms with Gasteiger partial charge in [0, 0.05) is 123 Å². The zero-order valence-electron chi connectivity index (χ0n) is 44.1. The molecule has 0 bridgehead atoms. The van der Waals surface area contributed by atoms with Gasteiger partial charge in [0.15, 0.2) is 0 Å². The van der Waals surface area contributed by atoms with Gasteiger partial charge in [0.05, 0.1) is 71.2 Å². The number of ether oxygens (including phenoxy) is 2. The quantitative estimate of drug-likeness (QED) is 0.0678. The topological polar surface area (TPSA) is 283 Å². The van der Waals surface area contributed by atoms with Gasteiger partial charge in [-0.1, -0.05) is 7.43 Å². The number of aromatic amines is 2. The number of piperidine rings is 2. The number of nitrogens with one attached hydrogen (secondary N) is 2. The molecule has 8 aromatic rings. The third kappa shape index (κ3) is 12.3. The number of H-pyrrole nitrogens is 2. The summed E-state index contributed by atoms with van der Waals surface area (Å²) in [5.74, 6) is -2.78. The number of likely N-dealkylation sites (tertiary alicyclic amines) is 2. The van der Waals surface area contributed by atoms with Crippen molar-refractivity contribution in [1.29, 1.82) is 10.5 Å². The summed E-state index contributed by atoms with van der Waals surface area (Å²) >= 11 is 0. The third-order valence-electron chi connectivity index (χ3n) is 16.0. The molecule has 8 aromatic heterocycles. The van der Waals surface area contributed by atoms with E-state index in [1.54, 1.807) is 12.4 Å². The molecule has 83 heavy (non-hydrogen) atoms. The molecule has 0 amide bonds. The number of aromatic nitrogens is 14. The Hall–Kier alpha value is -8.18. The molecular weight excluding hydrogens is 1090 g/mol. The standard InChI is InChI=1S/2C27H28F3N9O2.CH4/c2*28-27(29,30)25-36-18(4-10-40)11-22(37-25)41-20-2-8-38(9-3-20)19-12-26(13-19,5-6-31)39-15-17(14-35-39)23-21-1-7-32-24(21)34-16-33-23;/h2*1,7,11,14-16,19-20,40H,2-5,8-10,12-13H2,(H,32,33,34);1H4. The van der Waals surface area contributed by atoms with Crippen LogP contribution in [0.2, 0.25) is 0 Å². The molecule has 436 valence electrons. The zero-order valence-corrected chi connectivity index (χ0v) is 44.1. The summed E-state index contributed by atoms with van der Waals surface area (Å²) in [5.41, 5.74) is 4.13.